The number of benzene rings is 1. The molecule has 2 aromatic rings. The fourth-order valence-electron chi connectivity index (χ4n) is 1.54. The summed E-state index contributed by atoms with van der Waals surface area (Å²) in [5.41, 5.74) is 7.38. The van der Waals surface area contributed by atoms with E-state index in [9.17, 15) is 4.39 Å². The highest BCUT2D eigenvalue weighted by Crippen LogP contribution is 2.29. The first kappa shape index (κ1) is 11.5. The molecular formula is C12H12FN3O. The first-order valence-electron chi connectivity index (χ1n) is 5.09. The fourth-order valence-corrected chi connectivity index (χ4v) is 1.54. The molecule has 0 aliphatic rings. The Morgan fingerprint density at radius 3 is 2.82 bits per heavy atom. The molecule has 4 nitrogen and oxygen atoms in total. The number of nitrogens with two attached hydrogens (primary N) is 1. The molecular weight excluding hydrogens is 221 g/mol. The number of hydrogen-bond donors (Lipinski definition) is 1. The second-order valence-electron chi connectivity index (χ2n) is 3.44. The zero-order chi connectivity index (χ0) is 12.3. The zero-order valence-electron chi connectivity index (χ0n) is 9.35. The molecule has 0 spiro atoms. The molecule has 5 heteroatoms. The predicted molar refractivity (Wildman–Crippen MR) is 61.9 cm³/mol. The van der Waals surface area contributed by atoms with Gasteiger partial charge in [0.15, 0.2) is 0 Å². The summed E-state index contributed by atoms with van der Waals surface area (Å²) in [5.74, 6) is 0.224. The van der Waals surface area contributed by atoms with E-state index in [1.165, 1.54) is 25.6 Å². The quantitative estimate of drug-likeness (QED) is 0.877. The van der Waals surface area contributed by atoms with E-state index in [1.54, 1.807) is 12.1 Å². The molecule has 0 saturated heterocycles. The van der Waals surface area contributed by atoms with Gasteiger partial charge >= 0.3 is 0 Å². The van der Waals surface area contributed by atoms with Crippen molar-refractivity contribution in [3.8, 4) is 17.0 Å². The first-order chi connectivity index (χ1) is 8.24. The number of rotatable bonds is 3. The SMILES string of the molecule is COc1ccc(F)cc1-c1cc(CN)ncn1. The van der Waals surface area contributed by atoms with Crippen LogP contribution in [0.15, 0.2) is 30.6 Å². The first-order valence-corrected chi connectivity index (χ1v) is 5.09. The number of aromatic nitrogens is 2. The van der Waals surface area contributed by atoms with Crippen molar-refractivity contribution >= 4 is 0 Å². The lowest BCUT2D eigenvalue weighted by atomic mass is 10.1. The van der Waals surface area contributed by atoms with E-state index in [0.717, 1.165) is 0 Å². The van der Waals surface area contributed by atoms with Crippen molar-refractivity contribution in [3.05, 3.63) is 42.1 Å². The maximum absolute atomic E-state index is 13.2. The van der Waals surface area contributed by atoms with Gasteiger partial charge < -0.3 is 10.5 Å². The molecule has 2 rings (SSSR count). The summed E-state index contributed by atoms with van der Waals surface area (Å²) in [4.78, 5) is 8.08. The van der Waals surface area contributed by atoms with Gasteiger partial charge in [-0.25, -0.2) is 14.4 Å². The van der Waals surface area contributed by atoms with Crippen molar-refractivity contribution in [2.24, 2.45) is 5.73 Å². The highest BCUT2D eigenvalue weighted by Gasteiger charge is 2.09. The topological polar surface area (TPSA) is 61.0 Å². The Bertz CT molecular complexity index is 531. The van der Waals surface area contributed by atoms with Crippen LogP contribution in [0.5, 0.6) is 5.75 Å². The van der Waals surface area contributed by atoms with Crippen LogP contribution >= 0.6 is 0 Å². The third-order valence-corrected chi connectivity index (χ3v) is 2.37. The third-order valence-electron chi connectivity index (χ3n) is 2.37. The molecule has 0 unspecified atom stereocenters. The van der Waals surface area contributed by atoms with E-state index in [0.29, 0.717) is 29.2 Å². The summed E-state index contributed by atoms with van der Waals surface area (Å²) in [5, 5.41) is 0. The molecule has 0 amide bonds. The highest BCUT2D eigenvalue weighted by molar-refractivity contribution is 5.67. The van der Waals surface area contributed by atoms with Crippen molar-refractivity contribution in [3.63, 3.8) is 0 Å². The molecule has 0 bridgehead atoms. The monoisotopic (exact) mass is 233 g/mol. The van der Waals surface area contributed by atoms with Gasteiger partial charge in [-0.1, -0.05) is 0 Å². The second-order valence-corrected chi connectivity index (χ2v) is 3.44. The lowest BCUT2D eigenvalue weighted by Crippen LogP contribution is -2.01. The summed E-state index contributed by atoms with van der Waals surface area (Å²) in [6.45, 7) is 0.313. The van der Waals surface area contributed by atoms with Gasteiger partial charge in [0.25, 0.3) is 0 Å². The smallest absolute Gasteiger partial charge is 0.128 e. The van der Waals surface area contributed by atoms with E-state index in [-0.39, 0.29) is 5.82 Å². The summed E-state index contributed by atoms with van der Waals surface area (Å²) >= 11 is 0. The van der Waals surface area contributed by atoms with Crippen LogP contribution < -0.4 is 10.5 Å². The summed E-state index contributed by atoms with van der Waals surface area (Å²) in [6.07, 6.45) is 1.40. The molecule has 1 aromatic carbocycles. The molecule has 0 aliphatic carbocycles. The van der Waals surface area contributed by atoms with Crippen LogP contribution in [0.25, 0.3) is 11.3 Å². The minimum absolute atomic E-state index is 0.313. The largest absolute Gasteiger partial charge is 0.496 e. The van der Waals surface area contributed by atoms with Crippen molar-refractivity contribution in [1.82, 2.24) is 9.97 Å². The lowest BCUT2D eigenvalue weighted by Gasteiger charge is -2.08. The van der Waals surface area contributed by atoms with Gasteiger partial charge in [0.05, 0.1) is 18.5 Å². The Morgan fingerprint density at radius 1 is 1.29 bits per heavy atom. The van der Waals surface area contributed by atoms with Crippen LogP contribution in [-0.2, 0) is 6.54 Å². The lowest BCUT2D eigenvalue weighted by molar-refractivity contribution is 0.415. The standard InChI is InChI=1S/C12H12FN3O/c1-17-12-3-2-8(13)4-10(12)11-5-9(6-14)15-7-16-11/h2-5,7H,6,14H2,1H3. The Labute approximate surface area is 98.3 Å². The molecule has 2 N–H and O–H groups in total. The Balaban J connectivity index is 2.54. The average Bonchev–Trinajstić information content (AvgIpc) is 2.39. The molecule has 1 heterocycles. The Kier molecular flexibility index (Phi) is 3.30. The Hall–Kier alpha value is -2.01. The number of hydrogen-bond acceptors (Lipinski definition) is 4. The van der Waals surface area contributed by atoms with Gasteiger partial charge in [0, 0.05) is 12.1 Å². The number of halogens is 1. The van der Waals surface area contributed by atoms with E-state index < -0.39 is 0 Å². The summed E-state index contributed by atoms with van der Waals surface area (Å²) in [6, 6.07) is 6.00. The molecule has 0 saturated carbocycles. The predicted octanol–water partition coefficient (Wildman–Crippen LogP) is 1.75. The van der Waals surface area contributed by atoms with Crippen LogP contribution in [0.2, 0.25) is 0 Å². The van der Waals surface area contributed by atoms with Crippen molar-refractivity contribution < 1.29 is 9.13 Å². The molecule has 1 aromatic heterocycles. The van der Waals surface area contributed by atoms with Crippen molar-refractivity contribution in [2.75, 3.05) is 7.11 Å². The van der Waals surface area contributed by atoms with E-state index in [4.69, 9.17) is 10.5 Å². The van der Waals surface area contributed by atoms with E-state index >= 15 is 0 Å². The number of methoxy groups -OCH3 is 1. The van der Waals surface area contributed by atoms with E-state index in [2.05, 4.69) is 9.97 Å². The van der Waals surface area contributed by atoms with Crippen LogP contribution in [0.1, 0.15) is 5.69 Å². The van der Waals surface area contributed by atoms with Gasteiger partial charge in [-0.05, 0) is 24.3 Å². The van der Waals surface area contributed by atoms with E-state index in [1.807, 2.05) is 0 Å². The number of ether oxygens (including phenoxy) is 1. The third kappa shape index (κ3) is 2.39. The van der Waals surface area contributed by atoms with Crippen LogP contribution in [0, 0.1) is 5.82 Å². The van der Waals surface area contributed by atoms with Gasteiger partial charge in [0.1, 0.15) is 17.9 Å². The maximum Gasteiger partial charge on any atom is 0.128 e. The molecule has 0 aliphatic heterocycles. The summed E-state index contributed by atoms with van der Waals surface area (Å²) < 4.78 is 18.4. The van der Waals surface area contributed by atoms with Crippen molar-refractivity contribution in [1.29, 1.82) is 0 Å². The fraction of sp³-hybridized carbons (Fsp3) is 0.167. The Morgan fingerprint density at radius 2 is 2.12 bits per heavy atom. The van der Waals surface area contributed by atoms with Gasteiger partial charge in [-0.15, -0.1) is 0 Å². The minimum atomic E-state index is -0.339. The van der Waals surface area contributed by atoms with Gasteiger partial charge in [-0.2, -0.15) is 0 Å². The zero-order valence-corrected chi connectivity index (χ0v) is 9.35. The van der Waals surface area contributed by atoms with Crippen LogP contribution in [-0.4, -0.2) is 17.1 Å². The highest BCUT2D eigenvalue weighted by atomic mass is 19.1. The minimum Gasteiger partial charge on any atom is -0.496 e. The van der Waals surface area contributed by atoms with Gasteiger partial charge in [0.2, 0.25) is 0 Å². The summed E-state index contributed by atoms with van der Waals surface area (Å²) in [7, 11) is 1.53. The molecule has 88 valence electrons. The molecule has 0 atom stereocenters. The van der Waals surface area contributed by atoms with Crippen molar-refractivity contribution in [2.45, 2.75) is 6.54 Å². The molecule has 0 radical (unpaired) electrons. The van der Waals surface area contributed by atoms with Gasteiger partial charge in [-0.3, -0.25) is 0 Å². The normalized spacial score (nSPS) is 10.3. The average molecular weight is 233 g/mol. The second kappa shape index (κ2) is 4.88. The molecule has 0 fully saturated rings. The molecule has 17 heavy (non-hydrogen) atoms. The van der Waals surface area contributed by atoms with Crippen LogP contribution in [0.4, 0.5) is 4.39 Å². The van der Waals surface area contributed by atoms with Crippen LogP contribution in [0.3, 0.4) is 0 Å². The number of nitrogens with zero attached hydrogens (tertiary/aromatic N) is 2. The maximum atomic E-state index is 13.2.